The number of benzene rings is 2. The molecule has 2 aliphatic carbocycles. The lowest BCUT2D eigenvalue weighted by Crippen LogP contribution is -2.43. The van der Waals surface area contributed by atoms with Gasteiger partial charge in [-0.15, -0.1) is 24.8 Å². The number of rotatable bonds is 6. The molecule has 0 heterocycles. The van der Waals surface area contributed by atoms with Gasteiger partial charge in [-0.2, -0.15) is 0 Å². The summed E-state index contributed by atoms with van der Waals surface area (Å²) < 4.78 is 47.2. The van der Waals surface area contributed by atoms with E-state index in [0.29, 0.717) is 11.5 Å². The topological polar surface area (TPSA) is 89.0 Å². The molecule has 0 aromatic heterocycles. The molecule has 0 aliphatic heterocycles. The van der Waals surface area contributed by atoms with Crippen LogP contribution in [0, 0.1) is 11.6 Å². The molecular formula is C22H30Cl2F2N2O4. The van der Waals surface area contributed by atoms with Crippen molar-refractivity contribution in [3.8, 4) is 23.0 Å². The summed E-state index contributed by atoms with van der Waals surface area (Å²) in [6.45, 7) is 0. The minimum absolute atomic E-state index is 0. The Morgan fingerprint density at radius 2 is 1.03 bits per heavy atom. The van der Waals surface area contributed by atoms with Crippen molar-refractivity contribution in [1.82, 2.24) is 0 Å². The average molecular weight is 495 g/mol. The standard InChI is InChI=1S/2C11H14FNO2.2ClH/c2*1-14-11-3-2-8(6-10(11)12)15-9-4-7(13)5-9;;/h2*2-3,6-7,9H,4-5,13H2,1H3;2*1H. The zero-order valence-corrected chi connectivity index (χ0v) is 19.6. The van der Waals surface area contributed by atoms with Crippen molar-refractivity contribution >= 4 is 24.8 Å². The molecule has 0 bridgehead atoms. The van der Waals surface area contributed by atoms with E-state index in [0.717, 1.165) is 25.7 Å². The number of hydrogen-bond donors (Lipinski definition) is 2. The van der Waals surface area contributed by atoms with Crippen LogP contribution in [-0.4, -0.2) is 38.5 Å². The molecule has 32 heavy (non-hydrogen) atoms. The predicted molar refractivity (Wildman–Crippen MR) is 124 cm³/mol. The van der Waals surface area contributed by atoms with E-state index in [1.165, 1.54) is 26.4 Å². The molecular weight excluding hydrogens is 465 g/mol. The molecule has 0 unspecified atom stereocenters. The Balaban J connectivity index is 0.000000301. The Morgan fingerprint density at radius 3 is 1.28 bits per heavy atom. The number of hydrogen-bond acceptors (Lipinski definition) is 6. The van der Waals surface area contributed by atoms with Crippen molar-refractivity contribution in [2.45, 2.75) is 50.0 Å². The Kier molecular flexibility index (Phi) is 11.3. The van der Waals surface area contributed by atoms with Crippen molar-refractivity contribution in [1.29, 1.82) is 0 Å². The molecule has 180 valence electrons. The van der Waals surface area contributed by atoms with Crippen molar-refractivity contribution in [2.75, 3.05) is 14.2 Å². The molecule has 4 N–H and O–H groups in total. The second-order valence-electron chi connectivity index (χ2n) is 7.54. The van der Waals surface area contributed by atoms with Crippen LogP contribution in [0.15, 0.2) is 36.4 Å². The number of methoxy groups -OCH3 is 2. The van der Waals surface area contributed by atoms with Gasteiger partial charge in [0.15, 0.2) is 23.1 Å². The number of ether oxygens (including phenoxy) is 4. The van der Waals surface area contributed by atoms with E-state index in [9.17, 15) is 8.78 Å². The fourth-order valence-electron chi connectivity index (χ4n) is 3.23. The third-order valence-electron chi connectivity index (χ3n) is 5.11. The summed E-state index contributed by atoms with van der Waals surface area (Å²) in [7, 11) is 2.87. The van der Waals surface area contributed by atoms with Crippen LogP contribution in [0.3, 0.4) is 0 Å². The van der Waals surface area contributed by atoms with Gasteiger partial charge >= 0.3 is 0 Å². The van der Waals surface area contributed by atoms with Gasteiger partial charge in [-0.25, -0.2) is 8.78 Å². The highest BCUT2D eigenvalue weighted by Gasteiger charge is 2.28. The maximum atomic E-state index is 13.3. The molecule has 6 nitrogen and oxygen atoms in total. The maximum Gasteiger partial charge on any atom is 0.168 e. The van der Waals surface area contributed by atoms with Crippen LogP contribution in [0.1, 0.15) is 25.7 Å². The monoisotopic (exact) mass is 494 g/mol. The second kappa shape index (κ2) is 12.9. The molecule has 0 saturated heterocycles. The molecule has 0 amide bonds. The van der Waals surface area contributed by atoms with Crippen LogP contribution in [0.2, 0.25) is 0 Å². The van der Waals surface area contributed by atoms with Gasteiger partial charge in [0.2, 0.25) is 0 Å². The second-order valence-corrected chi connectivity index (χ2v) is 7.54. The van der Waals surface area contributed by atoms with Gasteiger partial charge in [0.05, 0.1) is 14.2 Å². The molecule has 2 fully saturated rings. The Labute approximate surface area is 199 Å². The summed E-state index contributed by atoms with van der Waals surface area (Å²) in [6.07, 6.45) is 3.63. The van der Waals surface area contributed by atoms with Crippen molar-refractivity contribution in [3.05, 3.63) is 48.0 Å². The van der Waals surface area contributed by atoms with Gasteiger partial charge in [-0.3, -0.25) is 0 Å². The van der Waals surface area contributed by atoms with E-state index in [2.05, 4.69) is 0 Å². The Morgan fingerprint density at radius 1 is 0.688 bits per heavy atom. The van der Waals surface area contributed by atoms with Gasteiger partial charge in [-0.1, -0.05) is 0 Å². The summed E-state index contributed by atoms with van der Waals surface area (Å²) in [6, 6.07) is 9.66. The highest BCUT2D eigenvalue weighted by atomic mass is 35.5. The summed E-state index contributed by atoms with van der Waals surface area (Å²) in [4.78, 5) is 0. The first-order chi connectivity index (χ1) is 14.4. The molecule has 4 rings (SSSR count). The van der Waals surface area contributed by atoms with Gasteiger partial charge in [0.25, 0.3) is 0 Å². The first kappa shape index (κ1) is 28.0. The molecule has 2 aromatic rings. The Bertz CT molecular complexity index is 781. The zero-order chi connectivity index (χ0) is 21.7. The first-order valence-corrected chi connectivity index (χ1v) is 9.89. The molecule has 10 heteroatoms. The Hall–Kier alpha value is -2.00. The van der Waals surface area contributed by atoms with Crippen molar-refractivity contribution < 1.29 is 27.7 Å². The summed E-state index contributed by atoms with van der Waals surface area (Å²) >= 11 is 0. The average Bonchev–Trinajstić information content (AvgIpc) is 2.66. The van der Waals surface area contributed by atoms with E-state index in [1.807, 2.05) is 0 Å². The summed E-state index contributed by atoms with van der Waals surface area (Å²) in [5.74, 6) is 0.716. The maximum absolute atomic E-state index is 13.3. The van der Waals surface area contributed by atoms with Crippen LogP contribution in [0.25, 0.3) is 0 Å². The van der Waals surface area contributed by atoms with E-state index in [4.69, 9.17) is 30.4 Å². The molecule has 2 aromatic carbocycles. The molecule has 2 aliphatic rings. The lowest BCUT2D eigenvalue weighted by Gasteiger charge is -2.32. The molecule has 0 radical (unpaired) electrons. The summed E-state index contributed by atoms with van der Waals surface area (Å²) in [5, 5.41) is 0. The van der Waals surface area contributed by atoms with Crippen LogP contribution < -0.4 is 30.4 Å². The number of nitrogens with two attached hydrogens (primary N) is 2. The lowest BCUT2D eigenvalue weighted by atomic mass is 9.90. The van der Waals surface area contributed by atoms with E-state index in [1.54, 1.807) is 24.3 Å². The zero-order valence-electron chi connectivity index (χ0n) is 18.0. The molecule has 2 saturated carbocycles. The molecule has 0 atom stereocenters. The third-order valence-corrected chi connectivity index (χ3v) is 5.11. The third kappa shape index (κ3) is 7.55. The quantitative estimate of drug-likeness (QED) is 0.623. The fraction of sp³-hybridized carbons (Fsp3) is 0.455. The van der Waals surface area contributed by atoms with Gasteiger partial charge in [0, 0.05) is 24.2 Å². The van der Waals surface area contributed by atoms with Gasteiger partial charge < -0.3 is 30.4 Å². The van der Waals surface area contributed by atoms with Crippen molar-refractivity contribution in [2.24, 2.45) is 11.5 Å². The van der Waals surface area contributed by atoms with Crippen molar-refractivity contribution in [3.63, 3.8) is 0 Å². The minimum Gasteiger partial charge on any atom is -0.494 e. The van der Waals surface area contributed by atoms with E-state index >= 15 is 0 Å². The smallest absolute Gasteiger partial charge is 0.168 e. The molecule has 0 spiro atoms. The predicted octanol–water partition coefficient (Wildman–Crippen LogP) is 4.25. The van der Waals surface area contributed by atoms with Crippen LogP contribution in [-0.2, 0) is 0 Å². The van der Waals surface area contributed by atoms with Crippen LogP contribution in [0.5, 0.6) is 23.0 Å². The van der Waals surface area contributed by atoms with Crippen LogP contribution >= 0.6 is 24.8 Å². The highest BCUT2D eigenvalue weighted by molar-refractivity contribution is 5.85. The largest absolute Gasteiger partial charge is 0.494 e. The first-order valence-electron chi connectivity index (χ1n) is 9.89. The van der Waals surface area contributed by atoms with Crippen LogP contribution in [0.4, 0.5) is 8.78 Å². The van der Waals surface area contributed by atoms with E-state index in [-0.39, 0.29) is 60.6 Å². The van der Waals surface area contributed by atoms with Gasteiger partial charge in [-0.05, 0) is 49.9 Å². The van der Waals surface area contributed by atoms with E-state index < -0.39 is 11.6 Å². The minimum atomic E-state index is -0.404. The summed E-state index contributed by atoms with van der Waals surface area (Å²) in [5.41, 5.74) is 11.2. The lowest BCUT2D eigenvalue weighted by molar-refractivity contribution is 0.100. The fourth-order valence-corrected chi connectivity index (χ4v) is 3.23. The highest BCUT2D eigenvalue weighted by Crippen LogP contribution is 2.28. The van der Waals surface area contributed by atoms with Gasteiger partial charge in [0.1, 0.15) is 23.7 Å². The normalized spacial score (nSPS) is 22.9. The SMILES string of the molecule is COc1ccc(OC2CC(N)C2)cc1F.COc1ccc(OC2CC(N)C2)cc1F.Cl.Cl. The number of halogens is 4.